The molecule has 0 spiro atoms. The molecule has 0 aliphatic heterocycles. The number of halogens is 1. The lowest BCUT2D eigenvalue weighted by molar-refractivity contribution is -0.112. The van der Waals surface area contributed by atoms with Crippen molar-refractivity contribution in [3.8, 4) is 0 Å². The van der Waals surface area contributed by atoms with Gasteiger partial charge in [0.05, 0.1) is 5.57 Å². The number of hydrogen-bond donors (Lipinski definition) is 3. The lowest BCUT2D eigenvalue weighted by atomic mass is 10.1. The average molecular weight is 399 g/mol. The Balaban J connectivity index is 1.35. The van der Waals surface area contributed by atoms with Gasteiger partial charge in [0.1, 0.15) is 5.83 Å². The molecule has 4 nitrogen and oxygen atoms in total. The maximum absolute atomic E-state index is 13.8. The summed E-state index contributed by atoms with van der Waals surface area (Å²) in [5, 5.41) is 9.41. The van der Waals surface area contributed by atoms with E-state index in [4.69, 9.17) is 0 Å². The lowest BCUT2D eigenvalue weighted by Gasteiger charge is -2.12. The SMILES string of the molecule is O=C(Nc1ccc(Nc2ccc(Nc3ccccc3)cc2)cc1)C1=CCCC=C1F. The summed E-state index contributed by atoms with van der Waals surface area (Å²) in [6.45, 7) is 0. The Bertz CT molecular complexity index is 1070. The second-order valence-corrected chi connectivity index (χ2v) is 6.97. The number of nitrogens with one attached hydrogen (secondary N) is 3. The second-order valence-electron chi connectivity index (χ2n) is 6.97. The molecule has 4 rings (SSSR count). The van der Waals surface area contributed by atoms with Crippen LogP contribution in [0.4, 0.5) is 32.8 Å². The number of carbonyl (C=O) groups is 1. The van der Waals surface area contributed by atoms with E-state index in [9.17, 15) is 9.18 Å². The van der Waals surface area contributed by atoms with Crippen molar-refractivity contribution in [3.63, 3.8) is 0 Å². The zero-order valence-corrected chi connectivity index (χ0v) is 16.4. The molecule has 1 aliphatic rings. The third-order valence-corrected chi connectivity index (χ3v) is 4.72. The molecule has 0 aromatic heterocycles. The van der Waals surface area contributed by atoms with Gasteiger partial charge in [-0.05, 0) is 79.6 Å². The molecule has 3 aromatic carbocycles. The fraction of sp³-hybridized carbons (Fsp3) is 0.0800. The van der Waals surface area contributed by atoms with E-state index in [1.165, 1.54) is 6.08 Å². The van der Waals surface area contributed by atoms with Gasteiger partial charge in [-0.3, -0.25) is 4.79 Å². The van der Waals surface area contributed by atoms with Gasteiger partial charge in [0.25, 0.3) is 5.91 Å². The largest absolute Gasteiger partial charge is 0.356 e. The highest BCUT2D eigenvalue weighted by Gasteiger charge is 2.16. The summed E-state index contributed by atoms with van der Waals surface area (Å²) < 4.78 is 13.8. The van der Waals surface area contributed by atoms with Crippen molar-refractivity contribution in [2.75, 3.05) is 16.0 Å². The van der Waals surface area contributed by atoms with Crippen molar-refractivity contribution < 1.29 is 9.18 Å². The number of carbonyl (C=O) groups excluding carboxylic acids is 1. The minimum atomic E-state index is -0.456. The van der Waals surface area contributed by atoms with Gasteiger partial charge in [-0.2, -0.15) is 0 Å². The van der Waals surface area contributed by atoms with Crippen molar-refractivity contribution in [3.05, 3.63) is 102 Å². The molecule has 30 heavy (non-hydrogen) atoms. The Hall–Kier alpha value is -3.86. The standard InChI is InChI=1S/C25H22FN3O/c26-24-9-5-4-8-23(24)25(30)29-22-16-14-21(15-17-22)28-20-12-10-19(11-13-20)27-18-6-2-1-3-7-18/h1-3,6-17,27-28H,4-5H2,(H,29,30). The van der Waals surface area contributed by atoms with Crippen LogP contribution in [0.3, 0.4) is 0 Å². The number of para-hydroxylation sites is 1. The molecule has 0 saturated carbocycles. The second kappa shape index (κ2) is 9.09. The van der Waals surface area contributed by atoms with Gasteiger partial charge < -0.3 is 16.0 Å². The number of allylic oxidation sites excluding steroid dienone is 2. The molecule has 1 aliphatic carbocycles. The van der Waals surface area contributed by atoms with Crippen molar-refractivity contribution >= 4 is 34.3 Å². The summed E-state index contributed by atoms with van der Waals surface area (Å²) in [6.07, 6.45) is 4.39. The van der Waals surface area contributed by atoms with E-state index in [0.717, 1.165) is 22.7 Å². The molecule has 150 valence electrons. The molecule has 0 unspecified atom stereocenters. The zero-order valence-electron chi connectivity index (χ0n) is 16.4. The van der Waals surface area contributed by atoms with E-state index in [0.29, 0.717) is 18.5 Å². The van der Waals surface area contributed by atoms with Gasteiger partial charge >= 0.3 is 0 Å². The zero-order chi connectivity index (χ0) is 20.8. The van der Waals surface area contributed by atoms with Crippen LogP contribution >= 0.6 is 0 Å². The Morgan fingerprint density at radius 2 is 1.10 bits per heavy atom. The average Bonchev–Trinajstić information content (AvgIpc) is 2.77. The predicted molar refractivity (Wildman–Crippen MR) is 121 cm³/mol. The third kappa shape index (κ3) is 4.94. The molecule has 0 heterocycles. The fourth-order valence-electron chi connectivity index (χ4n) is 3.17. The van der Waals surface area contributed by atoms with E-state index in [2.05, 4.69) is 16.0 Å². The van der Waals surface area contributed by atoms with Crippen LogP contribution in [0, 0.1) is 0 Å². The first-order chi connectivity index (χ1) is 14.7. The van der Waals surface area contributed by atoms with Crippen molar-refractivity contribution in [1.82, 2.24) is 0 Å². The molecule has 5 heteroatoms. The number of anilines is 5. The molecule has 3 aromatic rings. The van der Waals surface area contributed by atoms with E-state index < -0.39 is 11.7 Å². The normalized spacial score (nSPS) is 13.1. The lowest BCUT2D eigenvalue weighted by Crippen LogP contribution is -2.16. The Labute approximate surface area is 175 Å². The summed E-state index contributed by atoms with van der Waals surface area (Å²) in [5.74, 6) is -0.882. The highest BCUT2D eigenvalue weighted by molar-refractivity contribution is 6.06. The van der Waals surface area contributed by atoms with Crippen molar-refractivity contribution in [2.45, 2.75) is 12.8 Å². The smallest absolute Gasteiger partial charge is 0.258 e. The highest BCUT2D eigenvalue weighted by Crippen LogP contribution is 2.24. The van der Waals surface area contributed by atoms with Crippen LogP contribution in [0.25, 0.3) is 0 Å². The minimum absolute atomic E-state index is 0.104. The summed E-state index contributed by atoms with van der Waals surface area (Å²) >= 11 is 0. The van der Waals surface area contributed by atoms with Crippen LogP contribution in [0.2, 0.25) is 0 Å². The summed E-state index contributed by atoms with van der Waals surface area (Å²) in [5.41, 5.74) is 4.60. The summed E-state index contributed by atoms with van der Waals surface area (Å²) in [4.78, 5) is 12.2. The predicted octanol–water partition coefficient (Wildman–Crippen LogP) is 6.69. The number of rotatable bonds is 6. The molecular formula is C25H22FN3O. The number of amides is 1. The molecule has 3 N–H and O–H groups in total. The monoisotopic (exact) mass is 399 g/mol. The Morgan fingerprint density at radius 3 is 1.63 bits per heavy atom. The van der Waals surface area contributed by atoms with E-state index >= 15 is 0 Å². The van der Waals surface area contributed by atoms with Gasteiger partial charge in [-0.25, -0.2) is 4.39 Å². The van der Waals surface area contributed by atoms with Crippen LogP contribution in [0.1, 0.15) is 12.8 Å². The first-order valence-corrected chi connectivity index (χ1v) is 9.84. The molecule has 0 saturated heterocycles. The molecule has 0 atom stereocenters. The van der Waals surface area contributed by atoms with E-state index in [1.807, 2.05) is 66.7 Å². The molecule has 0 bridgehead atoms. The van der Waals surface area contributed by atoms with Crippen LogP contribution in [0.5, 0.6) is 0 Å². The van der Waals surface area contributed by atoms with Gasteiger partial charge in [0.15, 0.2) is 0 Å². The maximum atomic E-state index is 13.8. The van der Waals surface area contributed by atoms with E-state index in [1.54, 1.807) is 18.2 Å². The topological polar surface area (TPSA) is 53.2 Å². The third-order valence-electron chi connectivity index (χ3n) is 4.72. The first-order valence-electron chi connectivity index (χ1n) is 9.84. The Morgan fingerprint density at radius 1 is 0.633 bits per heavy atom. The van der Waals surface area contributed by atoms with Crippen molar-refractivity contribution in [1.29, 1.82) is 0 Å². The molecule has 0 fully saturated rings. The van der Waals surface area contributed by atoms with E-state index in [-0.39, 0.29) is 5.57 Å². The van der Waals surface area contributed by atoms with Gasteiger partial charge in [0.2, 0.25) is 0 Å². The summed E-state index contributed by atoms with van der Waals surface area (Å²) in [6, 6.07) is 25.3. The van der Waals surface area contributed by atoms with Crippen LogP contribution in [-0.4, -0.2) is 5.91 Å². The summed E-state index contributed by atoms with van der Waals surface area (Å²) in [7, 11) is 0. The van der Waals surface area contributed by atoms with Crippen LogP contribution in [0.15, 0.2) is 102 Å². The highest BCUT2D eigenvalue weighted by atomic mass is 19.1. The Kier molecular flexibility index (Phi) is 5.90. The van der Waals surface area contributed by atoms with Crippen molar-refractivity contribution in [2.24, 2.45) is 0 Å². The van der Waals surface area contributed by atoms with Crippen LogP contribution in [-0.2, 0) is 4.79 Å². The van der Waals surface area contributed by atoms with Gasteiger partial charge in [-0.15, -0.1) is 0 Å². The first kappa shape index (κ1) is 19.5. The van der Waals surface area contributed by atoms with Crippen LogP contribution < -0.4 is 16.0 Å². The molecule has 1 amide bonds. The maximum Gasteiger partial charge on any atom is 0.258 e. The number of benzene rings is 3. The molecular weight excluding hydrogens is 377 g/mol. The number of hydrogen-bond acceptors (Lipinski definition) is 3. The van der Waals surface area contributed by atoms with Gasteiger partial charge in [-0.1, -0.05) is 24.3 Å². The molecule has 0 radical (unpaired) electrons. The minimum Gasteiger partial charge on any atom is -0.356 e. The van der Waals surface area contributed by atoms with Gasteiger partial charge in [0, 0.05) is 28.4 Å². The quantitative estimate of drug-likeness (QED) is 0.433. The fourth-order valence-corrected chi connectivity index (χ4v) is 3.17.